The maximum atomic E-state index is 11.8. The first kappa shape index (κ1) is 22.9. The Hall–Kier alpha value is -3.35. The van der Waals surface area contributed by atoms with E-state index in [4.69, 9.17) is 4.74 Å². The lowest BCUT2D eigenvalue weighted by molar-refractivity contribution is -0.140. The van der Waals surface area contributed by atoms with Crippen molar-refractivity contribution in [1.29, 1.82) is 0 Å². The lowest BCUT2D eigenvalue weighted by atomic mass is 10.1. The average molecular weight is 412 g/mol. The number of nitrogens with one attached hydrogen (secondary N) is 1. The van der Waals surface area contributed by atoms with Gasteiger partial charge in [-0.05, 0) is 30.5 Å². The van der Waals surface area contributed by atoms with Gasteiger partial charge in [-0.1, -0.05) is 43.2 Å². The Morgan fingerprint density at radius 2 is 1.77 bits per heavy atom. The molecule has 2 rings (SSSR count). The monoisotopic (exact) mass is 412 g/mol. The van der Waals surface area contributed by atoms with Gasteiger partial charge in [0, 0.05) is 24.5 Å². The average Bonchev–Trinajstić information content (AvgIpc) is 2.76. The van der Waals surface area contributed by atoms with Gasteiger partial charge in [-0.25, -0.2) is 5.43 Å². The summed E-state index contributed by atoms with van der Waals surface area (Å²) in [6, 6.07) is 14.7. The maximum Gasteiger partial charge on any atom is 0.305 e. The highest BCUT2D eigenvalue weighted by atomic mass is 16.5. The molecular formula is C23H28N2O5. The standard InChI is InChI=1S/C23H28N2O5/c1-29-23(28)12-8-3-2-7-11-22(27)25-24-16-19-13-14-20(15-21(19)26)30-17-18-9-5-4-6-10-18/h4-6,9-10,13-16,26H,2-3,7-8,11-12,17H2,1H3,(H,25,27)/b24-16+. The van der Waals surface area contributed by atoms with Crippen LogP contribution in [0.2, 0.25) is 0 Å². The number of phenols is 1. The minimum atomic E-state index is -0.207. The van der Waals surface area contributed by atoms with Crippen molar-refractivity contribution in [2.75, 3.05) is 7.11 Å². The highest BCUT2D eigenvalue weighted by Crippen LogP contribution is 2.23. The number of benzene rings is 2. The topological polar surface area (TPSA) is 97.2 Å². The molecule has 0 radical (unpaired) electrons. The number of methoxy groups -OCH3 is 1. The van der Waals surface area contributed by atoms with E-state index in [0.717, 1.165) is 31.2 Å². The molecule has 0 heterocycles. The van der Waals surface area contributed by atoms with E-state index in [1.165, 1.54) is 19.4 Å². The van der Waals surface area contributed by atoms with Gasteiger partial charge in [0.25, 0.3) is 0 Å². The van der Waals surface area contributed by atoms with Gasteiger partial charge in [-0.3, -0.25) is 9.59 Å². The van der Waals surface area contributed by atoms with Gasteiger partial charge in [0.15, 0.2) is 0 Å². The first-order valence-corrected chi connectivity index (χ1v) is 9.97. The Labute approximate surface area is 176 Å². The molecule has 0 aliphatic carbocycles. The van der Waals surface area contributed by atoms with E-state index in [9.17, 15) is 14.7 Å². The minimum Gasteiger partial charge on any atom is -0.507 e. The van der Waals surface area contributed by atoms with Gasteiger partial charge in [-0.2, -0.15) is 5.10 Å². The zero-order valence-electron chi connectivity index (χ0n) is 17.2. The van der Waals surface area contributed by atoms with Crippen LogP contribution in [-0.4, -0.2) is 30.3 Å². The summed E-state index contributed by atoms with van der Waals surface area (Å²) < 4.78 is 10.2. The molecule has 0 unspecified atom stereocenters. The van der Waals surface area contributed by atoms with E-state index in [1.54, 1.807) is 12.1 Å². The number of esters is 1. The summed E-state index contributed by atoms with van der Waals surface area (Å²) in [5.41, 5.74) is 3.96. The molecule has 0 saturated heterocycles. The van der Waals surface area contributed by atoms with Crippen molar-refractivity contribution in [3.63, 3.8) is 0 Å². The molecule has 1 amide bonds. The van der Waals surface area contributed by atoms with Crippen LogP contribution in [0.15, 0.2) is 53.6 Å². The number of phenolic OH excluding ortho intramolecular Hbond substituents is 1. The summed E-state index contributed by atoms with van der Waals surface area (Å²) in [6.45, 7) is 0.409. The van der Waals surface area contributed by atoms with Crippen molar-refractivity contribution in [1.82, 2.24) is 5.43 Å². The normalized spacial score (nSPS) is 10.7. The number of rotatable bonds is 12. The van der Waals surface area contributed by atoms with E-state index < -0.39 is 0 Å². The molecule has 0 aliphatic heterocycles. The molecule has 0 saturated carbocycles. The largest absolute Gasteiger partial charge is 0.507 e. The van der Waals surface area contributed by atoms with Gasteiger partial charge in [-0.15, -0.1) is 0 Å². The molecule has 160 valence electrons. The predicted octanol–water partition coefficient (Wildman–Crippen LogP) is 3.93. The number of hydrazone groups is 1. The highest BCUT2D eigenvalue weighted by Gasteiger charge is 2.04. The van der Waals surface area contributed by atoms with E-state index >= 15 is 0 Å². The van der Waals surface area contributed by atoms with Gasteiger partial charge in [0.1, 0.15) is 18.1 Å². The molecule has 0 atom stereocenters. The van der Waals surface area contributed by atoms with Crippen molar-refractivity contribution in [2.45, 2.75) is 45.1 Å². The molecule has 2 aromatic carbocycles. The predicted molar refractivity (Wildman–Crippen MR) is 114 cm³/mol. The zero-order chi connectivity index (χ0) is 21.6. The fraction of sp³-hybridized carbons (Fsp3) is 0.348. The Balaban J connectivity index is 1.67. The van der Waals surface area contributed by atoms with Crippen LogP contribution >= 0.6 is 0 Å². The number of carbonyl (C=O) groups is 2. The van der Waals surface area contributed by atoms with Gasteiger partial charge >= 0.3 is 5.97 Å². The van der Waals surface area contributed by atoms with E-state index in [2.05, 4.69) is 15.3 Å². The molecule has 2 aromatic rings. The number of aromatic hydroxyl groups is 1. The first-order chi connectivity index (χ1) is 14.6. The summed E-state index contributed by atoms with van der Waals surface area (Å²) in [6.07, 6.45) is 5.38. The van der Waals surface area contributed by atoms with Crippen LogP contribution in [0.1, 0.15) is 49.7 Å². The Bertz CT molecular complexity index is 837. The zero-order valence-corrected chi connectivity index (χ0v) is 17.2. The summed E-state index contributed by atoms with van der Waals surface area (Å²) >= 11 is 0. The van der Waals surface area contributed by atoms with Crippen LogP contribution in [0.25, 0.3) is 0 Å². The fourth-order valence-electron chi connectivity index (χ4n) is 2.70. The van der Waals surface area contributed by atoms with E-state index in [0.29, 0.717) is 30.8 Å². The second-order valence-electron chi connectivity index (χ2n) is 6.78. The van der Waals surface area contributed by atoms with Crippen molar-refractivity contribution < 1.29 is 24.2 Å². The summed E-state index contributed by atoms with van der Waals surface area (Å²) in [7, 11) is 1.38. The quantitative estimate of drug-likeness (QED) is 0.238. The second-order valence-corrected chi connectivity index (χ2v) is 6.78. The van der Waals surface area contributed by atoms with Crippen LogP contribution in [-0.2, 0) is 20.9 Å². The third-order valence-electron chi connectivity index (χ3n) is 4.41. The van der Waals surface area contributed by atoms with Crippen molar-refractivity contribution >= 4 is 18.1 Å². The number of hydrogen-bond donors (Lipinski definition) is 2. The Morgan fingerprint density at radius 3 is 2.47 bits per heavy atom. The van der Waals surface area contributed by atoms with E-state index in [1.807, 2.05) is 30.3 Å². The molecule has 0 spiro atoms. The number of carbonyl (C=O) groups excluding carboxylic acids is 2. The summed E-state index contributed by atoms with van der Waals surface area (Å²) in [5.74, 6) is 0.163. The number of unbranched alkanes of at least 4 members (excludes halogenated alkanes) is 3. The van der Waals surface area contributed by atoms with Gasteiger partial charge in [0.2, 0.25) is 5.91 Å². The van der Waals surface area contributed by atoms with Crippen molar-refractivity contribution in [3.05, 3.63) is 59.7 Å². The fourth-order valence-corrected chi connectivity index (χ4v) is 2.70. The van der Waals surface area contributed by atoms with Gasteiger partial charge < -0.3 is 14.6 Å². The van der Waals surface area contributed by atoms with Crippen LogP contribution in [0.5, 0.6) is 11.5 Å². The van der Waals surface area contributed by atoms with Gasteiger partial charge in [0.05, 0.1) is 13.3 Å². The second kappa shape index (κ2) is 13.0. The Kier molecular flexibility index (Phi) is 9.92. The molecule has 7 heteroatoms. The Morgan fingerprint density at radius 1 is 1.03 bits per heavy atom. The third kappa shape index (κ3) is 8.77. The number of amides is 1. The molecule has 7 nitrogen and oxygen atoms in total. The molecule has 30 heavy (non-hydrogen) atoms. The number of ether oxygens (including phenoxy) is 2. The SMILES string of the molecule is COC(=O)CCCCCCC(=O)N/N=C/c1ccc(OCc2ccccc2)cc1O. The maximum absolute atomic E-state index is 11.8. The molecular weight excluding hydrogens is 384 g/mol. The van der Waals surface area contributed by atoms with Crippen LogP contribution < -0.4 is 10.2 Å². The first-order valence-electron chi connectivity index (χ1n) is 9.97. The highest BCUT2D eigenvalue weighted by molar-refractivity contribution is 5.85. The third-order valence-corrected chi connectivity index (χ3v) is 4.41. The molecule has 2 N–H and O–H groups in total. The molecule has 0 bridgehead atoms. The van der Waals surface area contributed by atoms with E-state index in [-0.39, 0.29) is 17.6 Å². The molecule has 0 aromatic heterocycles. The smallest absolute Gasteiger partial charge is 0.305 e. The summed E-state index contributed by atoms with van der Waals surface area (Å²) in [4.78, 5) is 22.8. The van der Waals surface area contributed by atoms with Crippen LogP contribution in [0.4, 0.5) is 0 Å². The lowest BCUT2D eigenvalue weighted by Crippen LogP contribution is -2.16. The van der Waals surface area contributed by atoms with Crippen LogP contribution in [0, 0.1) is 0 Å². The number of hydrogen-bond acceptors (Lipinski definition) is 6. The van der Waals surface area contributed by atoms with Crippen LogP contribution in [0.3, 0.4) is 0 Å². The minimum absolute atomic E-state index is 0.0177. The number of nitrogens with zero attached hydrogens (tertiary/aromatic N) is 1. The van der Waals surface area contributed by atoms with Crippen molar-refractivity contribution in [3.8, 4) is 11.5 Å². The lowest BCUT2D eigenvalue weighted by Gasteiger charge is -2.07. The molecule has 0 fully saturated rings. The van der Waals surface area contributed by atoms with Crippen molar-refractivity contribution in [2.24, 2.45) is 5.10 Å². The summed E-state index contributed by atoms with van der Waals surface area (Å²) in [5, 5.41) is 14.0. The molecule has 0 aliphatic rings.